The average molecular weight is 536 g/mol. The van der Waals surface area contributed by atoms with Gasteiger partial charge >= 0.3 is 0 Å². The van der Waals surface area contributed by atoms with Gasteiger partial charge in [-0.1, -0.05) is 78.9 Å². The van der Waals surface area contributed by atoms with Crippen molar-refractivity contribution in [3.63, 3.8) is 0 Å². The molecule has 0 aliphatic rings. The molecule has 0 radical (unpaired) electrons. The molecule has 5 nitrogen and oxygen atoms in total. The van der Waals surface area contributed by atoms with Crippen LogP contribution >= 0.6 is 0 Å². The third-order valence-electron chi connectivity index (χ3n) is 7.29. The van der Waals surface area contributed by atoms with Crippen LogP contribution in [0.1, 0.15) is 18.1 Å². The first-order valence-corrected chi connectivity index (χ1v) is 14.0. The van der Waals surface area contributed by atoms with Gasteiger partial charge in [0.15, 0.2) is 0 Å². The topological polar surface area (TPSA) is 37.2 Å². The number of nitrogens with zero attached hydrogens (tertiary/aromatic N) is 5. The molecule has 202 valence electrons. The van der Waals surface area contributed by atoms with Crippen LogP contribution in [0.3, 0.4) is 0 Å². The Bertz CT molecular complexity index is 1720. The van der Waals surface area contributed by atoms with Gasteiger partial charge in [-0.25, -0.2) is 9.97 Å². The zero-order chi connectivity index (χ0) is 28.2. The Balaban J connectivity index is 1.58. The van der Waals surface area contributed by atoms with E-state index in [-0.39, 0.29) is 0 Å². The number of imidazole rings is 1. The zero-order valence-electron chi connectivity index (χ0n) is 23.6. The summed E-state index contributed by atoms with van der Waals surface area (Å²) < 4.78 is 2.24. The molecular weight excluding hydrogens is 502 g/mol. The first-order chi connectivity index (χ1) is 20.1. The van der Waals surface area contributed by atoms with Gasteiger partial charge in [-0.3, -0.25) is 9.47 Å². The summed E-state index contributed by atoms with van der Waals surface area (Å²) in [6.07, 6.45) is 4.00. The van der Waals surface area contributed by atoms with E-state index in [1.54, 1.807) is 0 Å². The second kappa shape index (κ2) is 11.5. The molecule has 2 heterocycles. The molecule has 0 bridgehead atoms. The molecule has 0 spiro atoms. The van der Waals surface area contributed by atoms with Gasteiger partial charge in [0.05, 0.1) is 17.1 Å². The van der Waals surface area contributed by atoms with Gasteiger partial charge < -0.3 is 4.90 Å². The number of aryl methyl sites for hydroxylation is 2. The Hall–Kier alpha value is -5.16. The molecule has 41 heavy (non-hydrogen) atoms. The highest BCUT2D eigenvalue weighted by Crippen LogP contribution is 2.39. The van der Waals surface area contributed by atoms with E-state index < -0.39 is 0 Å². The van der Waals surface area contributed by atoms with Crippen LogP contribution in [0, 0.1) is 13.8 Å². The molecule has 5 heteroatoms. The van der Waals surface area contributed by atoms with E-state index >= 15 is 0 Å². The maximum Gasteiger partial charge on any atom is 0.220 e. The second-order valence-electron chi connectivity index (χ2n) is 10.0. The van der Waals surface area contributed by atoms with Crippen molar-refractivity contribution >= 4 is 28.8 Å². The van der Waals surface area contributed by atoms with Crippen molar-refractivity contribution in [2.24, 2.45) is 0 Å². The van der Waals surface area contributed by atoms with Gasteiger partial charge in [0.25, 0.3) is 0 Å². The van der Waals surface area contributed by atoms with Crippen molar-refractivity contribution in [1.82, 2.24) is 14.5 Å². The fourth-order valence-corrected chi connectivity index (χ4v) is 5.37. The highest BCUT2D eigenvalue weighted by molar-refractivity contribution is 5.79. The van der Waals surface area contributed by atoms with E-state index in [0.29, 0.717) is 0 Å². The first-order valence-electron chi connectivity index (χ1n) is 14.0. The van der Waals surface area contributed by atoms with Gasteiger partial charge in [-0.05, 0) is 74.4 Å². The molecule has 0 amide bonds. The lowest BCUT2D eigenvalue weighted by molar-refractivity contribution is 0.979. The van der Waals surface area contributed by atoms with Crippen LogP contribution in [0.5, 0.6) is 0 Å². The average Bonchev–Trinajstić information content (AvgIpc) is 3.44. The molecule has 6 aromatic rings. The van der Waals surface area contributed by atoms with Crippen LogP contribution in [-0.2, 0) is 0 Å². The Labute approximate surface area is 242 Å². The summed E-state index contributed by atoms with van der Waals surface area (Å²) in [6, 6.07) is 41.9. The molecule has 0 atom stereocenters. The number of hydrogen-bond acceptors (Lipinski definition) is 4. The van der Waals surface area contributed by atoms with Crippen molar-refractivity contribution in [2.45, 2.75) is 20.8 Å². The summed E-state index contributed by atoms with van der Waals surface area (Å²) in [4.78, 5) is 14.4. The van der Waals surface area contributed by atoms with Crippen LogP contribution in [0.4, 0.5) is 28.8 Å². The van der Waals surface area contributed by atoms with Crippen molar-refractivity contribution in [1.29, 1.82) is 0 Å². The molecule has 0 saturated heterocycles. The van der Waals surface area contributed by atoms with Gasteiger partial charge in [-0.2, -0.15) is 0 Å². The smallest absolute Gasteiger partial charge is 0.220 e. The third kappa shape index (κ3) is 5.22. The Kier molecular flexibility index (Phi) is 7.33. The SMILES string of the molecule is CCN(c1cccc(N(c2ccccc2)c2nc(-c3ccccc3)cn2-c2c(C)cccc2C)c1)c1ccccn1. The van der Waals surface area contributed by atoms with E-state index in [4.69, 9.17) is 4.98 Å². The summed E-state index contributed by atoms with van der Waals surface area (Å²) in [7, 11) is 0. The van der Waals surface area contributed by atoms with Crippen molar-refractivity contribution in [3.05, 3.63) is 145 Å². The number of rotatable bonds is 8. The highest BCUT2D eigenvalue weighted by atomic mass is 15.3. The van der Waals surface area contributed by atoms with E-state index in [1.807, 2.05) is 36.5 Å². The maximum atomic E-state index is 5.31. The fraction of sp³-hybridized carbons (Fsp3) is 0.111. The van der Waals surface area contributed by atoms with Gasteiger partial charge in [0, 0.05) is 35.9 Å². The number of para-hydroxylation sites is 2. The molecule has 0 unspecified atom stereocenters. The lowest BCUT2D eigenvalue weighted by Gasteiger charge is -2.28. The van der Waals surface area contributed by atoms with Crippen LogP contribution in [0.15, 0.2) is 134 Å². The molecule has 6 rings (SSSR count). The number of aromatic nitrogens is 3. The monoisotopic (exact) mass is 535 g/mol. The normalized spacial score (nSPS) is 10.9. The number of pyridine rings is 1. The van der Waals surface area contributed by atoms with Crippen LogP contribution in [0.25, 0.3) is 16.9 Å². The van der Waals surface area contributed by atoms with Crippen molar-refractivity contribution < 1.29 is 0 Å². The van der Waals surface area contributed by atoms with Gasteiger partial charge in [-0.15, -0.1) is 0 Å². The minimum atomic E-state index is 0.793. The third-order valence-corrected chi connectivity index (χ3v) is 7.29. The minimum Gasteiger partial charge on any atom is -0.327 e. The zero-order valence-corrected chi connectivity index (χ0v) is 23.6. The minimum absolute atomic E-state index is 0.793. The molecule has 2 aromatic heterocycles. The molecule has 0 fully saturated rings. The lowest BCUT2D eigenvalue weighted by Crippen LogP contribution is -2.19. The van der Waals surface area contributed by atoms with E-state index in [0.717, 1.165) is 52.3 Å². The fourth-order valence-electron chi connectivity index (χ4n) is 5.37. The molecule has 0 N–H and O–H groups in total. The predicted octanol–water partition coefficient (Wildman–Crippen LogP) is 9.18. The number of benzene rings is 4. The number of hydrogen-bond donors (Lipinski definition) is 0. The predicted molar refractivity (Wildman–Crippen MR) is 170 cm³/mol. The van der Waals surface area contributed by atoms with Crippen LogP contribution in [0.2, 0.25) is 0 Å². The standard InChI is InChI=1S/C36H33N5/c1-4-39(34-23-11-12-24-37-34)31-21-14-22-32(25-31)41(30-19-9-6-10-20-30)36-38-33(29-17-7-5-8-18-29)26-40(36)35-27(2)15-13-16-28(35)3/h5-26H,4H2,1-3H3. The van der Waals surface area contributed by atoms with Gasteiger partial charge in [0.1, 0.15) is 5.82 Å². The first kappa shape index (κ1) is 26.1. The van der Waals surface area contributed by atoms with E-state index in [9.17, 15) is 0 Å². The van der Waals surface area contributed by atoms with Crippen LogP contribution in [-0.4, -0.2) is 21.1 Å². The number of anilines is 5. The van der Waals surface area contributed by atoms with Crippen molar-refractivity contribution in [3.8, 4) is 16.9 Å². The Morgan fingerprint density at radius 1 is 0.659 bits per heavy atom. The van der Waals surface area contributed by atoms with Gasteiger partial charge in [0.2, 0.25) is 5.95 Å². The Morgan fingerprint density at radius 3 is 1.98 bits per heavy atom. The Morgan fingerprint density at radius 2 is 1.29 bits per heavy atom. The highest BCUT2D eigenvalue weighted by Gasteiger charge is 2.23. The molecule has 0 aliphatic carbocycles. The lowest BCUT2D eigenvalue weighted by atomic mass is 10.1. The summed E-state index contributed by atoms with van der Waals surface area (Å²) in [5, 5.41) is 0. The quantitative estimate of drug-likeness (QED) is 0.195. The maximum absolute atomic E-state index is 5.31. The largest absolute Gasteiger partial charge is 0.327 e. The summed E-state index contributed by atoms with van der Waals surface area (Å²) in [6.45, 7) is 7.26. The molecule has 4 aromatic carbocycles. The molecule has 0 aliphatic heterocycles. The molecule has 0 saturated carbocycles. The van der Waals surface area contributed by atoms with Crippen LogP contribution < -0.4 is 9.80 Å². The second-order valence-corrected chi connectivity index (χ2v) is 10.0. The summed E-state index contributed by atoms with van der Waals surface area (Å²) >= 11 is 0. The van der Waals surface area contributed by atoms with Crippen molar-refractivity contribution in [2.75, 3.05) is 16.3 Å². The van der Waals surface area contributed by atoms with E-state index in [2.05, 4.69) is 137 Å². The summed E-state index contributed by atoms with van der Waals surface area (Å²) in [5.74, 6) is 1.74. The summed E-state index contributed by atoms with van der Waals surface area (Å²) in [5.41, 5.74) is 8.63. The molecular formula is C36H33N5. The van der Waals surface area contributed by atoms with E-state index in [1.165, 1.54) is 11.1 Å².